The molecule has 262 valence electrons. The van der Waals surface area contributed by atoms with E-state index < -0.39 is 0 Å². The number of para-hydroxylation sites is 2. The van der Waals surface area contributed by atoms with Crippen LogP contribution in [0.4, 0.5) is 0 Å². The van der Waals surface area contributed by atoms with E-state index in [2.05, 4.69) is 138 Å². The maximum atomic E-state index is 4.97. The summed E-state index contributed by atoms with van der Waals surface area (Å²) in [4.78, 5) is 14.8. The summed E-state index contributed by atoms with van der Waals surface area (Å²) in [7, 11) is 0. The first-order chi connectivity index (χ1) is 27.8. The molecule has 3 aliphatic rings. The molecule has 12 rings (SSSR count). The van der Waals surface area contributed by atoms with Crippen LogP contribution in [0, 0.1) is 5.92 Å². The third-order valence-electron chi connectivity index (χ3n) is 12.3. The molecule has 0 fully saturated rings. The zero-order valence-electron chi connectivity index (χ0n) is 30.4. The number of allylic oxidation sites excluding steroid dienone is 4. The number of nitrogens with zero attached hydrogens (tertiary/aromatic N) is 4. The molecule has 0 N–H and O–H groups in total. The van der Waals surface area contributed by atoms with Gasteiger partial charge in [0.05, 0.1) is 17.0 Å². The Bertz CT molecular complexity index is 3030. The van der Waals surface area contributed by atoms with Crippen LogP contribution >= 0.6 is 0 Å². The monoisotopic (exact) mass is 714 g/mol. The summed E-state index contributed by atoms with van der Waals surface area (Å²) in [6, 6.07) is 61.3. The van der Waals surface area contributed by atoms with Gasteiger partial charge in [0, 0.05) is 38.9 Å². The van der Waals surface area contributed by atoms with Crippen LogP contribution in [0.1, 0.15) is 22.7 Å². The maximum absolute atomic E-state index is 4.97. The zero-order chi connectivity index (χ0) is 36.8. The molecule has 0 saturated heterocycles. The minimum Gasteiger partial charge on any atom is -0.333 e. The van der Waals surface area contributed by atoms with E-state index in [4.69, 9.17) is 15.0 Å². The van der Waals surface area contributed by atoms with Crippen LogP contribution in [-0.4, -0.2) is 19.5 Å². The molecule has 3 atom stereocenters. The Hall–Kier alpha value is -7.17. The van der Waals surface area contributed by atoms with E-state index in [1.807, 2.05) is 60.7 Å². The van der Waals surface area contributed by atoms with Crippen molar-refractivity contribution in [1.82, 2.24) is 19.5 Å². The van der Waals surface area contributed by atoms with Gasteiger partial charge in [-0.3, -0.25) is 0 Å². The Morgan fingerprint density at radius 2 is 0.964 bits per heavy atom. The Labute approximate surface area is 324 Å². The third kappa shape index (κ3) is 4.32. The van der Waals surface area contributed by atoms with Gasteiger partial charge in [-0.05, 0) is 51.1 Å². The van der Waals surface area contributed by atoms with E-state index in [9.17, 15) is 0 Å². The summed E-state index contributed by atoms with van der Waals surface area (Å²) in [5.41, 5.74) is 14.3. The number of hydrogen-bond donors (Lipinski definition) is 0. The number of rotatable bonds is 4. The molecule has 2 aliphatic carbocycles. The highest BCUT2D eigenvalue weighted by molar-refractivity contribution is 6.11. The van der Waals surface area contributed by atoms with Crippen molar-refractivity contribution in [1.29, 1.82) is 0 Å². The molecule has 0 saturated carbocycles. The second kappa shape index (κ2) is 11.9. The van der Waals surface area contributed by atoms with Gasteiger partial charge in [-0.1, -0.05) is 182 Å². The molecule has 56 heavy (non-hydrogen) atoms. The molecule has 2 aromatic heterocycles. The fourth-order valence-corrected chi connectivity index (χ4v) is 10.00. The summed E-state index contributed by atoms with van der Waals surface area (Å²) in [6.45, 7) is 0. The molecule has 3 unspecified atom stereocenters. The first kappa shape index (κ1) is 31.2. The molecule has 1 aliphatic heterocycles. The highest BCUT2D eigenvalue weighted by Gasteiger charge is 2.55. The Morgan fingerprint density at radius 3 is 1.71 bits per heavy atom. The number of fused-ring (bicyclic) bond motifs is 12. The lowest BCUT2D eigenvalue weighted by molar-refractivity contribution is 0.344. The van der Waals surface area contributed by atoms with E-state index >= 15 is 0 Å². The smallest absolute Gasteiger partial charge is 0.164 e. The van der Waals surface area contributed by atoms with E-state index in [-0.39, 0.29) is 17.4 Å². The van der Waals surface area contributed by atoms with Gasteiger partial charge in [0.15, 0.2) is 17.5 Å². The maximum Gasteiger partial charge on any atom is 0.164 e. The SMILES string of the molecule is C1=CC2C(C=C1)C1(c3ccccc3-c3cc(-c4ccc(-c5nc(-c6ccccc6)nc(-c6ccccc6)n5)cc4)ccc31)c1cccc3c4ccccc4n2c13. The van der Waals surface area contributed by atoms with Crippen molar-refractivity contribution in [3.8, 4) is 56.4 Å². The molecule has 0 radical (unpaired) electrons. The number of hydrogen-bond acceptors (Lipinski definition) is 3. The second-order valence-corrected chi connectivity index (χ2v) is 15.1. The van der Waals surface area contributed by atoms with Crippen LogP contribution in [0.15, 0.2) is 194 Å². The molecular weight excluding hydrogens is 681 g/mol. The summed E-state index contributed by atoms with van der Waals surface area (Å²) < 4.78 is 2.62. The third-order valence-corrected chi connectivity index (χ3v) is 12.3. The summed E-state index contributed by atoms with van der Waals surface area (Å²) >= 11 is 0. The van der Waals surface area contributed by atoms with Crippen molar-refractivity contribution >= 4 is 21.8 Å². The molecule has 4 heteroatoms. The lowest BCUT2D eigenvalue weighted by Gasteiger charge is -2.47. The zero-order valence-corrected chi connectivity index (χ0v) is 30.4. The lowest BCUT2D eigenvalue weighted by atomic mass is 9.59. The molecule has 1 spiro atoms. The van der Waals surface area contributed by atoms with Crippen LogP contribution in [0.2, 0.25) is 0 Å². The predicted octanol–water partition coefficient (Wildman–Crippen LogP) is 12.3. The van der Waals surface area contributed by atoms with Crippen LogP contribution in [-0.2, 0) is 5.41 Å². The fraction of sp³-hybridized carbons (Fsp3) is 0.0577. The van der Waals surface area contributed by atoms with Gasteiger partial charge < -0.3 is 4.57 Å². The summed E-state index contributed by atoms with van der Waals surface area (Å²) in [5, 5.41) is 2.64. The standard InChI is InChI=1S/C52H34N4/c1-3-14-34(15-4-1)49-53-50(35-16-5-2-6-17-35)55-51(54-49)36-28-26-33(27-29-36)37-30-31-43-41(32-37)38-18-7-9-21-42(38)52(43)44-22-10-12-25-47(44)56-46-24-11-8-19-39(46)40-20-13-23-45(52)48(40)56/h1-32,44,47H. The quantitative estimate of drug-likeness (QED) is 0.182. The predicted molar refractivity (Wildman–Crippen MR) is 227 cm³/mol. The molecule has 0 bridgehead atoms. The molecule has 4 nitrogen and oxygen atoms in total. The van der Waals surface area contributed by atoms with E-state index in [1.165, 1.54) is 55.2 Å². The molecular formula is C52H34N4. The van der Waals surface area contributed by atoms with Crippen LogP contribution in [0.25, 0.3) is 78.2 Å². The summed E-state index contributed by atoms with van der Waals surface area (Å²) in [5.74, 6) is 2.18. The first-order valence-corrected chi connectivity index (χ1v) is 19.4. The number of benzene rings is 7. The largest absolute Gasteiger partial charge is 0.333 e. The van der Waals surface area contributed by atoms with Gasteiger partial charge in [-0.25, -0.2) is 15.0 Å². The molecule has 9 aromatic rings. The molecule has 0 amide bonds. The van der Waals surface area contributed by atoms with Gasteiger partial charge in [-0.2, -0.15) is 0 Å². The average molecular weight is 715 g/mol. The van der Waals surface area contributed by atoms with Crippen LogP contribution in [0.5, 0.6) is 0 Å². The number of aromatic nitrogens is 4. The molecule has 7 aromatic carbocycles. The van der Waals surface area contributed by atoms with E-state index in [1.54, 1.807) is 0 Å². The minimum atomic E-state index is -0.338. The van der Waals surface area contributed by atoms with Gasteiger partial charge >= 0.3 is 0 Å². The van der Waals surface area contributed by atoms with Gasteiger partial charge in [0.1, 0.15) is 0 Å². The normalized spacial score (nSPS) is 18.6. The van der Waals surface area contributed by atoms with Gasteiger partial charge in [-0.15, -0.1) is 0 Å². The highest BCUT2D eigenvalue weighted by Crippen LogP contribution is 2.63. The molecule has 3 heterocycles. The van der Waals surface area contributed by atoms with E-state index in [0.717, 1.165) is 22.3 Å². The highest BCUT2D eigenvalue weighted by atomic mass is 15.1. The average Bonchev–Trinajstić information content (AvgIpc) is 3.77. The van der Waals surface area contributed by atoms with Crippen molar-refractivity contribution in [3.63, 3.8) is 0 Å². The lowest BCUT2D eigenvalue weighted by Crippen LogP contribution is -2.43. The Kier molecular flexibility index (Phi) is 6.64. The van der Waals surface area contributed by atoms with Crippen molar-refractivity contribution < 1.29 is 0 Å². The minimum absolute atomic E-state index is 0.184. The van der Waals surface area contributed by atoms with Crippen LogP contribution < -0.4 is 0 Å². The summed E-state index contributed by atoms with van der Waals surface area (Å²) in [6.07, 6.45) is 9.38. The fourth-order valence-electron chi connectivity index (χ4n) is 10.00. The Morgan fingerprint density at radius 1 is 0.411 bits per heavy atom. The van der Waals surface area contributed by atoms with Crippen molar-refractivity contribution in [2.24, 2.45) is 5.92 Å². The van der Waals surface area contributed by atoms with Crippen molar-refractivity contribution in [3.05, 3.63) is 211 Å². The van der Waals surface area contributed by atoms with Gasteiger partial charge in [0.25, 0.3) is 0 Å². The Balaban J connectivity index is 1.00. The first-order valence-electron chi connectivity index (χ1n) is 19.4. The van der Waals surface area contributed by atoms with Crippen molar-refractivity contribution in [2.45, 2.75) is 11.5 Å². The van der Waals surface area contributed by atoms with Crippen molar-refractivity contribution in [2.75, 3.05) is 0 Å². The van der Waals surface area contributed by atoms with Gasteiger partial charge in [0.2, 0.25) is 0 Å². The van der Waals surface area contributed by atoms with Crippen LogP contribution in [0.3, 0.4) is 0 Å². The second-order valence-electron chi connectivity index (χ2n) is 15.1. The van der Waals surface area contributed by atoms with E-state index in [0.29, 0.717) is 17.5 Å². The topological polar surface area (TPSA) is 43.6 Å².